The van der Waals surface area contributed by atoms with E-state index in [1.165, 1.54) is 81.3 Å². The highest BCUT2D eigenvalue weighted by Gasteiger charge is 2.22. The summed E-state index contributed by atoms with van der Waals surface area (Å²) in [5.41, 5.74) is 15.1. The van der Waals surface area contributed by atoms with Gasteiger partial charge in [0.15, 0.2) is 0 Å². The molecule has 0 nitrogen and oxygen atoms in total. The van der Waals surface area contributed by atoms with Gasteiger partial charge in [-0.2, -0.15) is 0 Å². The molecule has 0 radical (unpaired) electrons. The number of benzene rings is 3. The number of hydrogen-bond donors (Lipinski definition) is 0. The van der Waals surface area contributed by atoms with Crippen LogP contribution in [0.1, 0.15) is 140 Å². The first-order valence-corrected chi connectivity index (χ1v) is 17.6. The first kappa shape index (κ1) is 38.4. The third kappa shape index (κ3) is 12.8. The van der Waals surface area contributed by atoms with Gasteiger partial charge in [-0.3, -0.25) is 0 Å². The summed E-state index contributed by atoms with van der Waals surface area (Å²) in [7, 11) is 0. The molecule has 0 aromatic heterocycles. The van der Waals surface area contributed by atoms with E-state index in [0.717, 1.165) is 42.2 Å². The lowest BCUT2D eigenvalue weighted by Gasteiger charge is -2.20. The molecule has 0 aliphatic heterocycles. The molecule has 0 saturated heterocycles. The lowest BCUT2D eigenvalue weighted by Crippen LogP contribution is -2.03. The molecule has 4 rings (SSSR count). The van der Waals surface area contributed by atoms with E-state index in [1.807, 2.05) is 13.8 Å². The van der Waals surface area contributed by atoms with Gasteiger partial charge in [0.1, 0.15) is 0 Å². The van der Waals surface area contributed by atoms with Gasteiger partial charge in [-0.25, -0.2) is 0 Å². The SMILES string of the molecule is C=C(C)C.C=C(C)c1ccc2c(c1)CCCC(c1ccc(Cl)cc1CC)=C2c1ccc(CC(CC)CCC)cc1.CC(C)(C)C. The molecule has 0 N–H and O–H groups in total. The monoisotopic (exact) mass is 624 g/mol. The second-order valence-electron chi connectivity index (χ2n) is 14.7. The molecule has 1 aliphatic carbocycles. The predicted octanol–water partition coefficient (Wildman–Crippen LogP) is 14.2. The van der Waals surface area contributed by atoms with E-state index in [-0.39, 0.29) is 0 Å². The van der Waals surface area contributed by atoms with Crippen LogP contribution in [0.25, 0.3) is 16.7 Å². The van der Waals surface area contributed by atoms with Gasteiger partial charge in [0, 0.05) is 5.02 Å². The lowest BCUT2D eigenvalue weighted by molar-refractivity contribution is 0.462. The fourth-order valence-electron chi connectivity index (χ4n) is 5.80. The zero-order valence-corrected chi connectivity index (χ0v) is 31.1. The van der Waals surface area contributed by atoms with Crippen LogP contribution >= 0.6 is 11.6 Å². The van der Waals surface area contributed by atoms with E-state index in [9.17, 15) is 0 Å². The van der Waals surface area contributed by atoms with Crippen molar-refractivity contribution in [2.24, 2.45) is 11.3 Å². The van der Waals surface area contributed by atoms with Gasteiger partial charge in [0.05, 0.1) is 0 Å². The topological polar surface area (TPSA) is 0 Å². The second kappa shape index (κ2) is 18.3. The number of fused-ring (bicyclic) bond motifs is 1. The van der Waals surface area contributed by atoms with E-state index in [0.29, 0.717) is 5.41 Å². The Labute approximate surface area is 282 Å². The maximum absolute atomic E-state index is 6.42. The molecule has 3 aromatic rings. The van der Waals surface area contributed by atoms with Crippen LogP contribution in [-0.4, -0.2) is 0 Å². The standard InChI is InChI=1S/C35H41Cl.C5H12.C4H8/c1-6-10-25(7-2)21-26-13-15-28(16-14-26)35-33-19-17-29(24(4)5)22-30(33)11-9-12-34(35)32-20-18-31(36)23-27(32)8-3;1-5(2,3)4;1-4(2)3/h13-20,22-23,25H,4,6-12,21H2,1-3,5H3;1-4H3;1H2,2-3H3. The van der Waals surface area contributed by atoms with Gasteiger partial charge in [0.2, 0.25) is 0 Å². The van der Waals surface area contributed by atoms with Gasteiger partial charge in [-0.1, -0.05) is 146 Å². The van der Waals surface area contributed by atoms with Crippen molar-refractivity contribution in [2.45, 2.75) is 121 Å². The molecule has 0 spiro atoms. The summed E-state index contributed by atoms with van der Waals surface area (Å²) in [6.07, 6.45) is 9.27. The maximum Gasteiger partial charge on any atom is 0.0409 e. The lowest BCUT2D eigenvalue weighted by atomic mass is 9.84. The number of rotatable bonds is 9. The summed E-state index contributed by atoms with van der Waals surface area (Å²) in [6.45, 7) is 29.4. The van der Waals surface area contributed by atoms with Crippen LogP contribution < -0.4 is 0 Å². The number of halogens is 1. The first-order valence-electron chi connectivity index (χ1n) is 17.2. The van der Waals surface area contributed by atoms with Crippen LogP contribution in [0.5, 0.6) is 0 Å². The van der Waals surface area contributed by atoms with Crippen molar-refractivity contribution < 1.29 is 0 Å². The van der Waals surface area contributed by atoms with Gasteiger partial charge < -0.3 is 0 Å². The minimum atomic E-state index is 0.500. The molecule has 0 amide bonds. The van der Waals surface area contributed by atoms with E-state index in [4.69, 9.17) is 11.6 Å². The molecule has 1 aliphatic rings. The summed E-state index contributed by atoms with van der Waals surface area (Å²) < 4.78 is 0. The van der Waals surface area contributed by atoms with Crippen molar-refractivity contribution in [3.05, 3.63) is 123 Å². The second-order valence-corrected chi connectivity index (χ2v) is 15.1. The number of aryl methyl sites for hydroxylation is 2. The van der Waals surface area contributed by atoms with Crippen LogP contribution in [0, 0.1) is 11.3 Å². The Balaban J connectivity index is 0.000000691. The molecular weight excluding hydrogens is 564 g/mol. The summed E-state index contributed by atoms with van der Waals surface area (Å²) in [4.78, 5) is 0. The van der Waals surface area contributed by atoms with Crippen molar-refractivity contribution in [3.8, 4) is 0 Å². The average Bonchev–Trinajstić information content (AvgIpc) is 3.15. The Kier molecular flexibility index (Phi) is 15.6. The van der Waals surface area contributed by atoms with Crippen molar-refractivity contribution in [1.82, 2.24) is 0 Å². The van der Waals surface area contributed by atoms with Crippen LogP contribution in [-0.2, 0) is 19.3 Å². The first-order chi connectivity index (χ1) is 21.2. The van der Waals surface area contributed by atoms with Crippen molar-refractivity contribution in [2.75, 3.05) is 0 Å². The van der Waals surface area contributed by atoms with Crippen molar-refractivity contribution >= 4 is 28.3 Å². The van der Waals surface area contributed by atoms with Crippen LogP contribution in [0.3, 0.4) is 0 Å². The normalized spacial score (nSPS) is 13.4. The predicted molar refractivity (Wildman–Crippen MR) is 205 cm³/mol. The van der Waals surface area contributed by atoms with E-state index in [2.05, 4.69) is 129 Å². The Morgan fingerprint density at radius 1 is 0.822 bits per heavy atom. The Hall–Kier alpha value is -2.83. The summed E-state index contributed by atoms with van der Waals surface area (Å²) in [6, 6.07) is 22.9. The van der Waals surface area contributed by atoms with Crippen molar-refractivity contribution in [3.63, 3.8) is 0 Å². The molecule has 45 heavy (non-hydrogen) atoms. The van der Waals surface area contributed by atoms with Crippen LogP contribution in [0.4, 0.5) is 0 Å². The largest absolute Gasteiger partial charge is 0.100 e. The van der Waals surface area contributed by atoms with E-state index in [1.54, 1.807) is 0 Å². The smallest absolute Gasteiger partial charge is 0.0409 e. The van der Waals surface area contributed by atoms with E-state index < -0.39 is 0 Å². The molecule has 244 valence electrons. The highest BCUT2D eigenvalue weighted by atomic mass is 35.5. The zero-order valence-electron chi connectivity index (χ0n) is 30.3. The third-order valence-electron chi connectivity index (χ3n) is 7.86. The molecule has 0 bridgehead atoms. The van der Waals surface area contributed by atoms with E-state index >= 15 is 0 Å². The summed E-state index contributed by atoms with van der Waals surface area (Å²) in [5.74, 6) is 0.774. The van der Waals surface area contributed by atoms with Crippen molar-refractivity contribution in [1.29, 1.82) is 0 Å². The van der Waals surface area contributed by atoms with Gasteiger partial charge in [0.25, 0.3) is 0 Å². The minimum absolute atomic E-state index is 0.500. The third-order valence-corrected chi connectivity index (χ3v) is 8.09. The van der Waals surface area contributed by atoms with Crippen LogP contribution in [0.15, 0.2) is 79.4 Å². The quantitative estimate of drug-likeness (QED) is 0.208. The van der Waals surface area contributed by atoms with Gasteiger partial charge in [-0.05, 0) is 126 Å². The average molecular weight is 625 g/mol. The molecule has 1 heteroatoms. The fourth-order valence-corrected chi connectivity index (χ4v) is 6.00. The molecule has 0 saturated carbocycles. The molecular formula is C44H61Cl. The zero-order chi connectivity index (χ0) is 33.7. The Bertz CT molecular complexity index is 1410. The minimum Gasteiger partial charge on any atom is -0.100 e. The van der Waals surface area contributed by atoms with Gasteiger partial charge in [-0.15, -0.1) is 6.58 Å². The molecule has 0 heterocycles. The highest BCUT2D eigenvalue weighted by molar-refractivity contribution is 6.30. The highest BCUT2D eigenvalue weighted by Crippen LogP contribution is 2.42. The molecule has 1 unspecified atom stereocenters. The Morgan fingerprint density at radius 3 is 1.96 bits per heavy atom. The number of allylic oxidation sites excluding steroid dienone is 3. The number of hydrogen-bond acceptors (Lipinski definition) is 0. The molecule has 3 aromatic carbocycles. The summed E-state index contributed by atoms with van der Waals surface area (Å²) >= 11 is 6.42. The summed E-state index contributed by atoms with van der Waals surface area (Å²) in [5, 5.41) is 0.819. The Morgan fingerprint density at radius 2 is 1.42 bits per heavy atom. The molecule has 0 fully saturated rings. The van der Waals surface area contributed by atoms with Gasteiger partial charge >= 0.3 is 0 Å². The maximum atomic E-state index is 6.42. The molecule has 1 atom stereocenters. The fraction of sp³-hybridized carbons (Fsp3) is 0.455. The van der Waals surface area contributed by atoms with Crippen LogP contribution in [0.2, 0.25) is 5.02 Å².